The fourth-order valence-electron chi connectivity index (χ4n) is 7.45. The van der Waals surface area contributed by atoms with Crippen LogP contribution in [0.1, 0.15) is 50.1 Å². The molecule has 1 aromatic heterocycles. The van der Waals surface area contributed by atoms with Gasteiger partial charge in [0.15, 0.2) is 0 Å². The Kier molecular flexibility index (Phi) is 5.79. The predicted molar refractivity (Wildman–Crippen MR) is 107 cm³/mol. The Morgan fingerprint density at radius 3 is 2.72 bits per heavy atom. The maximum Gasteiger partial charge on any atom is 1.00 e. The summed E-state index contributed by atoms with van der Waals surface area (Å²) >= 11 is 0. The largest absolute Gasteiger partial charge is 1.00 e. The van der Waals surface area contributed by atoms with Gasteiger partial charge in [0.1, 0.15) is 5.82 Å². The number of rotatable bonds is 5. The summed E-state index contributed by atoms with van der Waals surface area (Å²) in [5.41, 5.74) is 1.59. The molecule has 7 nitrogen and oxygen atoms in total. The Bertz CT molecular complexity index is 1070. The Morgan fingerprint density at radius 2 is 2.03 bits per heavy atom. The quantitative estimate of drug-likeness (QED) is 0.471. The second-order valence-corrected chi connectivity index (χ2v) is 11.2. The van der Waals surface area contributed by atoms with Crippen LogP contribution in [0.15, 0.2) is 30.7 Å². The van der Waals surface area contributed by atoms with Gasteiger partial charge in [0.25, 0.3) is 7.82 Å². The van der Waals surface area contributed by atoms with Gasteiger partial charge in [-0.25, -0.2) is 9.37 Å². The summed E-state index contributed by atoms with van der Waals surface area (Å²) in [5.74, 6) is 0.324. The molecule has 5 atom stereocenters. The SMILES string of the molecule is O=P([O-])(O)OC(CC1c2c(F)cccc2-c2cncn21)C12CC3CC(C1)C(O)C(C3)C2.[Na+]. The molecule has 0 saturated heterocycles. The Balaban J connectivity index is 0.00000216. The van der Waals surface area contributed by atoms with E-state index in [4.69, 9.17) is 4.52 Å². The molecule has 1 aliphatic heterocycles. The molecule has 2 aromatic rings. The van der Waals surface area contributed by atoms with Crippen LogP contribution in [0.25, 0.3) is 11.3 Å². The van der Waals surface area contributed by atoms with Crippen molar-refractivity contribution in [1.29, 1.82) is 0 Å². The van der Waals surface area contributed by atoms with Crippen molar-refractivity contribution in [3.05, 3.63) is 42.1 Å². The van der Waals surface area contributed by atoms with Gasteiger partial charge in [-0.1, -0.05) is 12.1 Å². The molecule has 5 unspecified atom stereocenters. The number of hydrogen-bond acceptors (Lipinski definition) is 5. The summed E-state index contributed by atoms with van der Waals surface area (Å²) in [4.78, 5) is 25.8. The van der Waals surface area contributed by atoms with Gasteiger partial charge in [-0.15, -0.1) is 0 Å². The van der Waals surface area contributed by atoms with E-state index in [0.29, 0.717) is 24.3 Å². The number of halogens is 1. The topological polar surface area (TPSA) is 108 Å². The van der Waals surface area contributed by atoms with E-state index in [0.717, 1.165) is 30.5 Å². The molecule has 32 heavy (non-hydrogen) atoms. The van der Waals surface area contributed by atoms with Gasteiger partial charge in [-0.2, -0.15) is 0 Å². The summed E-state index contributed by atoms with van der Waals surface area (Å²) in [6, 6.07) is 4.44. The van der Waals surface area contributed by atoms with Crippen LogP contribution in [0.5, 0.6) is 0 Å². The third-order valence-electron chi connectivity index (χ3n) is 8.32. The zero-order valence-corrected chi connectivity index (χ0v) is 20.8. The first kappa shape index (κ1) is 23.2. The minimum absolute atomic E-state index is 0. The van der Waals surface area contributed by atoms with Gasteiger partial charge in [0.2, 0.25) is 0 Å². The van der Waals surface area contributed by atoms with Crippen molar-refractivity contribution in [3.63, 3.8) is 0 Å². The number of nitrogens with zero attached hydrogens (tertiary/aromatic N) is 2. The van der Waals surface area contributed by atoms with Crippen LogP contribution in [0.4, 0.5) is 4.39 Å². The van der Waals surface area contributed by atoms with E-state index in [1.807, 2.05) is 10.6 Å². The average Bonchev–Trinajstić information content (AvgIpc) is 3.27. The van der Waals surface area contributed by atoms with Crippen molar-refractivity contribution in [2.45, 2.75) is 56.8 Å². The van der Waals surface area contributed by atoms with Gasteiger partial charge in [0, 0.05) is 11.1 Å². The van der Waals surface area contributed by atoms with Crippen LogP contribution in [0, 0.1) is 29.0 Å². The molecule has 5 aliphatic rings. The number of benzene rings is 1. The monoisotopic (exact) mass is 470 g/mol. The summed E-state index contributed by atoms with van der Waals surface area (Å²) in [6.45, 7) is 0. The zero-order valence-electron chi connectivity index (χ0n) is 17.9. The summed E-state index contributed by atoms with van der Waals surface area (Å²) in [5, 5.41) is 10.6. The summed E-state index contributed by atoms with van der Waals surface area (Å²) in [6.07, 6.45) is 6.42. The van der Waals surface area contributed by atoms with E-state index in [1.165, 1.54) is 6.07 Å². The molecule has 4 bridgehead atoms. The number of hydrogen-bond donors (Lipinski definition) is 2. The number of imidazole rings is 1. The smallest absolute Gasteiger partial charge is 0.756 e. The number of aliphatic hydroxyl groups is 1. The maximum atomic E-state index is 14.9. The van der Waals surface area contributed by atoms with Crippen LogP contribution in [0.2, 0.25) is 0 Å². The van der Waals surface area contributed by atoms with Crippen molar-refractivity contribution in [3.8, 4) is 11.3 Å². The molecule has 10 heteroatoms. The first-order valence-corrected chi connectivity index (χ1v) is 12.4. The first-order valence-electron chi connectivity index (χ1n) is 10.9. The number of aromatic nitrogens is 2. The molecule has 4 aliphatic carbocycles. The van der Waals surface area contributed by atoms with E-state index < -0.39 is 25.4 Å². The molecule has 0 amide bonds. The fraction of sp³-hybridized carbons (Fsp3) is 0.591. The number of phosphoric acid groups is 1. The van der Waals surface area contributed by atoms with Gasteiger partial charge in [-0.3, -0.25) is 4.57 Å². The average molecular weight is 470 g/mol. The van der Waals surface area contributed by atoms with E-state index >= 15 is 0 Å². The molecular formula is C22H25FN2NaO5P. The van der Waals surface area contributed by atoms with Crippen LogP contribution >= 0.6 is 7.82 Å². The van der Waals surface area contributed by atoms with Crippen LogP contribution in [0.3, 0.4) is 0 Å². The molecule has 4 saturated carbocycles. The van der Waals surface area contributed by atoms with Gasteiger partial charge < -0.3 is 24.0 Å². The number of aliphatic hydroxyl groups excluding tert-OH is 1. The van der Waals surface area contributed by atoms with Crippen molar-refractivity contribution in [2.24, 2.45) is 23.2 Å². The molecule has 4 fully saturated rings. The first-order chi connectivity index (χ1) is 14.7. The van der Waals surface area contributed by atoms with Crippen LogP contribution in [-0.4, -0.2) is 31.8 Å². The molecule has 0 spiro atoms. The predicted octanol–water partition coefficient (Wildman–Crippen LogP) is 0.0192. The minimum Gasteiger partial charge on any atom is -0.756 e. The zero-order chi connectivity index (χ0) is 21.5. The molecule has 2 heterocycles. The maximum absolute atomic E-state index is 14.9. The summed E-state index contributed by atoms with van der Waals surface area (Å²) in [7, 11) is -5.01. The normalized spacial score (nSPS) is 36.8. The summed E-state index contributed by atoms with van der Waals surface area (Å²) < 4.78 is 34.1. The molecule has 2 N–H and O–H groups in total. The van der Waals surface area contributed by atoms with Crippen molar-refractivity contribution < 1.29 is 57.9 Å². The van der Waals surface area contributed by atoms with Crippen LogP contribution in [-0.2, 0) is 9.09 Å². The second kappa shape index (κ2) is 7.99. The van der Waals surface area contributed by atoms with E-state index in [2.05, 4.69) is 4.98 Å². The van der Waals surface area contributed by atoms with Crippen LogP contribution < -0.4 is 34.5 Å². The van der Waals surface area contributed by atoms with Gasteiger partial charge >= 0.3 is 29.6 Å². The molecule has 7 rings (SSSR count). The number of fused-ring (bicyclic) bond motifs is 3. The van der Waals surface area contributed by atoms with E-state index in [9.17, 15) is 23.8 Å². The van der Waals surface area contributed by atoms with Gasteiger partial charge in [-0.05, 0) is 67.8 Å². The number of phosphoric ester groups is 1. The van der Waals surface area contributed by atoms with Crippen molar-refractivity contribution in [2.75, 3.05) is 0 Å². The Hall–Kier alpha value is -0.570. The van der Waals surface area contributed by atoms with E-state index in [1.54, 1.807) is 18.6 Å². The third-order valence-corrected chi connectivity index (χ3v) is 8.84. The molecule has 1 aromatic carbocycles. The van der Waals surface area contributed by atoms with Crippen molar-refractivity contribution >= 4 is 7.82 Å². The molecular weight excluding hydrogens is 445 g/mol. The minimum atomic E-state index is -5.01. The Labute approximate surface area is 207 Å². The fourth-order valence-corrected chi connectivity index (χ4v) is 8.09. The second-order valence-electron chi connectivity index (χ2n) is 10.0. The van der Waals surface area contributed by atoms with E-state index in [-0.39, 0.29) is 59.7 Å². The van der Waals surface area contributed by atoms with Crippen molar-refractivity contribution in [1.82, 2.24) is 9.55 Å². The third kappa shape index (κ3) is 3.59. The molecule has 166 valence electrons. The standard InChI is InChI=1S/C22H26FN2O5P.Na/c23-16-3-1-2-15-18-10-24-11-25(18)17(20(15)16)6-19(30-31(27,28)29)22-7-12-4-13(8-22)21(26)14(5-12)9-22;/h1-3,10-14,17,19,21,26H,4-9H2,(H2,27,28,29);/q;+1/p-1. The van der Waals surface area contributed by atoms with Gasteiger partial charge in [0.05, 0.1) is 36.5 Å². The Morgan fingerprint density at radius 1 is 1.31 bits per heavy atom. The molecule has 0 radical (unpaired) electrons.